The molecule has 0 aromatic heterocycles. The van der Waals surface area contributed by atoms with Crippen LogP contribution in [-0.2, 0) is 6.54 Å². The van der Waals surface area contributed by atoms with Gasteiger partial charge in [-0.3, -0.25) is 4.90 Å². The highest BCUT2D eigenvalue weighted by Gasteiger charge is 2.19. The number of alkyl halides is 2. The molecule has 0 atom stereocenters. The summed E-state index contributed by atoms with van der Waals surface area (Å²) >= 11 is 0. The quantitative estimate of drug-likeness (QED) is 0.876. The van der Waals surface area contributed by atoms with E-state index in [2.05, 4.69) is 9.64 Å². The molecule has 0 bridgehead atoms. The Labute approximate surface area is 123 Å². The van der Waals surface area contributed by atoms with E-state index in [9.17, 15) is 8.78 Å². The number of likely N-dealkylation sites (tertiary alicyclic amines) is 1. The van der Waals surface area contributed by atoms with Gasteiger partial charge in [-0.25, -0.2) is 0 Å². The van der Waals surface area contributed by atoms with Gasteiger partial charge in [0.25, 0.3) is 0 Å². The first kappa shape index (κ1) is 16.0. The van der Waals surface area contributed by atoms with Gasteiger partial charge in [0.05, 0.1) is 7.11 Å². The Balaban J connectivity index is 2.00. The number of hydrogen-bond acceptors (Lipinski definition) is 4. The molecule has 0 aliphatic carbocycles. The van der Waals surface area contributed by atoms with E-state index in [1.54, 1.807) is 12.1 Å². The predicted molar refractivity (Wildman–Crippen MR) is 74.7 cm³/mol. The summed E-state index contributed by atoms with van der Waals surface area (Å²) in [5.41, 5.74) is 0.911. The summed E-state index contributed by atoms with van der Waals surface area (Å²) in [5.74, 6) is 0.753. The lowest BCUT2D eigenvalue weighted by Gasteiger charge is -2.31. The molecule has 1 fully saturated rings. The molecular weight excluding hydrogens is 280 g/mol. The van der Waals surface area contributed by atoms with Gasteiger partial charge in [0.15, 0.2) is 11.5 Å². The predicted octanol–water partition coefficient (Wildman–Crippen LogP) is 2.50. The zero-order chi connectivity index (χ0) is 15.2. The van der Waals surface area contributed by atoms with Crippen LogP contribution < -0.4 is 9.47 Å². The summed E-state index contributed by atoms with van der Waals surface area (Å²) in [4.78, 5) is 2.25. The molecule has 0 spiro atoms. The van der Waals surface area contributed by atoms with Crippen molar-refractivity contribution in [3.05, 3.63) is 23.8 Å². The Morgan fingerprint density at radius 2 is 2.00 bits per heavy atom. The summed E-state index contributed by atoms with van der Waals surface area (Å²) < 4.78 is 34.3. The number of rotatable bonds is 6. The summed E-state index contributed by atoms with van der Waals surface area (Å²) in [6.07, 6.45) is 1.93. The smallest absolute Gasteiger partial charge is 0.387 e. The van der Waals surface area contributed by atoms with Crippen LogP contribution in [-0.4, -0.2) is 43.4 Å². The van der Waals surface area contributed by atoms with E-state index in [0.717, 1.165) is 31.5 Å². The number of aliphatic hydroxyl groups is 1. The van der Waals surface area contributed by atoms with Crippen molar-refractivity contribution in [2.24, 2.45) is 5.92 Å². The first-order valence-corrected chi connectivity index (χ1v) is 7.07. The van der Waals surface area contributed by atoms with Crippen molar-refractivity contribution in [1.29, 1.82) is 0 Å². The molecule has 1 aliphatic heterocycles. The third kappa shape index (κ3) is 4.54. The summed E-state index contributed by atoms with van der Waals surface area (Å²) in [7, 11) is 1.42. The average molecular weight is 301 g/mol. The first-order chi connectivity index (χ1) is 10.1. The Bertz CT molecular complexity index is 449. The normalized spacial score (nSPS) is 17.2. The second-order valence-electron chi connectivity index (χ2n) is 5.27. The van der Waals surface area contributed by atoms with Gasteiger partial charge in [0.1, 0.15) is 0 Å². The van der Waals surface area contributed by atoms with Crippen LogP contribution in [0, 0.1) is 5.92 Å². The molecule has 6 heteroatoms. The molecule has 1 aromatic rings. The van der Waals surface area contributed by atoms with Crippen LogP contribution in [0.25, 0.3) is 0 Å². The van der Waals surface area contributed by atoms with Gasteiger partial charge in [-0.1, -0.05) is 6.07 Å². The number of nitrogens with zero attached hydrogens (tertiary/aromatic N) is 1. The van der Waals surface area contributed by atoms with Crippen LogP contribution in [0.3, 0.4) is 0 Å². The highest BCUT2D eigenvalue weighted by molar-refractivity contribution is 5.43. The molecular formula is C15H21F2NO3. The van der Waals surface area contributed by atoms with Crippen molar-refractivity contribution in [2.75, 3.05) is 26.8 Å². The minimum absolute atomic E-state index is 0.0650. The minimum Gasteiger partial charge on any atom is -0.493 e. The van der Waals surface area contributed by atoms with Crippen molar-refractivity contribution in [2.45, 2.75) is 26.0 Å². The number of hydrogen-bond donors (Lipinski definition) is 1. The highest BCUT2D eigenvalue weighted by atomic mass is 19.3. The van der Waals surface area contributed by atoms with Crippen molar-refractivity contribution < 1.29 is 23.4 Å². The van der Waals surface area contributed by atoms with Gasteiger partial charge < -0.3 is 14.6 Å². The van der Waals surface area contributed by atoms with E-state index in [1.165, 1.54) is 7.11 Å². The monoisotopic (exact) mass is 301 g/mol. The number of methoxy groups -OCH3 is 1. The third-order valence-electron chi connectivity index (χ3n) is 3.82. The van der Waals surface area contributed by atoms with Crippen LogP contribution >= 0.6 is 0 Å². The standard InChI is InChI=1S/C15H21F2NO3/c1-20-13-3-2-12(8-14(13)21-15(16)17)9-18-6-4-11(10-19)5-7-18/h2-3,8,11,15,19H,4-7,9-10H2,1H3. The molecule has 1 saturated heterocycles. The number of ether oxygens (including phenoxy) is 2. The lowest BCUT2D eigenvalue weighted by Crippen LogP contribution is -2.34. The lowest BCUT2D eigenvalue weighted by molar-refractivity contribution is -0.0512. The van der Waals surface area contributed by atoms with Crippen molar-refractivity contribution in [3.63, 3.8) is 0 Å². The Kier molecular flexibility index (Phi) is 5.76. The van der Waals surface area contributed by atoms with E-state index < -0.39 is 6.61 Å². The number of benzene rings is 1. The van der Waals surface area contributed by atoms with Crippen molar-refractivity contribution in [3.8, 4) is 11.5 Å². The van der Waals surface area contributed by atoms with E-state index in [1.807, 2.05) is 6.07 Å². The molecule has 4 nitrogen and oxygen atoms in total. The van der Waals surface area contributed by atoms with Crippen LogP contribution in [0.2, 0.25) is 0 Å². The van der Waals surface area contributed by atoms with Gasteiger partial charge in [-0.15, -0.1) is 0 Å². The Morgan fingerprint density at radius 1 is 1.29 bits per heavy atom. The van der Waals surface area contributed by atoms with Crippen LogP contribution in [0.15, 0.2) is 18.2 Å². The van der Waals surface area contributed by atoms with Gasteiger partial charge in [0, 0.05) is 13.2 Å². The maximum atomic E-state index is 12.4. The zero-order valence-electron chi connectivity index (χ0n) is 12.1. The zero-order valence-corrected chi connectivity index (χ0v) is 12.1. The van der Waals surface area contributed by atoms with Crippen LogP contribution in [0.5, 0.6) is 11.5 Å². The summed E-state index contributed by atoms with van der Waals surface area (Å²) in [6, 6.07) is 5.10. The maximum Gasteiger partial charge on any atom is 0.387 e. The van der Waals surface area contributed by atoms with E-state index >= 15 is 0 Å². The molecule has 21 heavy (non-hydrogen) atoms. The molecule has 1 N–H and O–H groups in total. The van der Waals surface area contributed by atoms with Crippen LogP contribution in [0.4, 0.5) is 8.78 Å². The SMILES string of the molecule is COc1ccc(CN2CCC(CO)CC2)cc1OC(F)F. The van der Waals surface area contributed by atoms with Crippen molar-refractivity contribution >= 4 is 0 Å². The van der Waals surface area contributed by atoms with Gasteiger partial charge in [-0.2, -0.15) is 8.78 Å². The molecule has 0 amide bonds. The van der Waals surface area contributed by atoms with Crippen molar-refractivity contribution in [1.82, 2.24) is 4.90 Å². The Morgan fingerprint density at radius 3 is 2.57 bits per heavy atom. The van der Waals surface area contributed by atoms with E-state index in [-0.39, 0.29) is 12.4 Å². The molecule has 0 unspecified atom stereocenters. The summed E-state index contributed by atoms with van der Waals surface area (Å²) in [6.45, 7) is -0.135. The number of aliphatic hydroxyl groups excluding tert-OH is 1. The lowest BCUT2D eigenvalue weighted by atomic mass is 9.97. The summed E-state index contributed by atoms with van der Waals surface area (Å²) in [5, 5.41) is 9.13. The second-order valence-corrected chi connectivity index (χ2v) is 5.27. The molecule has 1 aromatic carbocycles. The van der Waals surface area contributed by atoms with E-state index in [0.29, 0.717) is 18.2 Å². The average Bonchev–Trinajstić information content (AvgIpc) is 2.48. The number of piperidine rings is 1. The maximum absolute atomic E-state index is 12.4. The van der Waals surface area contributed by atoms with Crippen LogP contribution in [0.1, 0.15) is 18.4 Å². The molecule has 2 rings (SSSR count). The molecule has 0 saturated carbocycles. The molecule has 1 heterocycles. The van der Waals surface area contributed by atoms with Gasteiger partial charge in [-0.05, 0) is 49.5 Å². The number of halogens is 2. The fourth-order valence-corrected chi connectivity index (χ4v) is 2.59. The molecule has 1 aliphatic rings. The minimum atomic E-state index is -2.87. The fourth-order valence-electron chi connectivity index (χ4n) is 2.59. The molecule has 118 valence electrons. The second kappa shape index (κ2) is 7.56. The third-order valence-corrected chi connectivity index (χ3v) is 3.82. The van der Waals surface area contributed by atoms with Gasteiger partial charge in [0.2, 0.25) is 0 Å². The van der Waals surface area contributed by atoms with Gasteiger partial charge >= 0.3 is 6.61 Å². The van der Waals surface area contributed by atoms with E-state index in [4.69, 9.17) is 9.84 Å². The fraction of sp³-hybridized carbons (Fsp3) is 0.600. The first-order valence-electron chi connectivity index (χ1n) is 7.07. The Hall–Kier alpha value is -1.40. The molecule has 0 radical (unpaired) electrons. The topological polar surface area (TPSA) is 41.9 Å². The highest BCUT2D eigenvalue weighted by Crippen LogP contribution is 2.30. The largest absolute Gasteiger partial charge is 0.493 e.